The second-order valence-corrected chi connectivity index (χ2v) is 5.47. The number of aromatic nitrogens is 2. The van der Waals surface area contributed by atoms with Gasteiger partial charge in [-0.2, -0.15) is 0 Å². The number of aryl methyl sites for hydroxylation is 2. The van der Waals surface area contributed by atoms with E-state index in [1.807, 2.05) is 0 Å². The van der Waals surface area contributed by atoms with Crippen LogP contribution in [0.5, 0.6) is 11.6 Å². The van der Waals surface area contributed by atoms with Crippen molar-refractivity contribution in [3.8, 4) is 11.6 Å². The first-order chi connectivity index (χ1) is 12.0. The van der Waals surface area contributed by atoms with E-state index >= 15 is 0 Å². The molecule has 25 heavy (non-hydrogen) atoms. The Morgan fingerprint density at radius 2 is 1.96 bits per heavy atom. The molecule has 0 fully saturated rings. The number of benzene rings is 1. The van der Waals surface area contributed by atoms with Crippen LogP contribution in [-0.4, -0.2) is 16.0 Å². The molecule has 3 aromatic rings. The molecule has 1 amide bonds. The fraction of sp³-hybridized carbons (Fsp3) is 0.167. The lowest BCUT2D eigenvalue weighted by Crippen LogP contribution is -2.15. The van der Waals surface area contributed by atoms with Crippen molar-refractivity contribution in [1.29, 1.82) is 0 Å². The summed E-state index contributed by atoms with van der Waals surface area (Å²) >= 11 is 0. The average Bonchev–Trinajstić information content (AvgIpc) is 2.90. The number of nitrogens with zero attached hydrogens (tertiary/aromatic N) is 2. The van der Waals surface area contributed by atoms with Crippen LogP contribution in [0, 0.1) is 19.7 Å². The first kappa shape index (κ1) is 16.6. The molecule has 6 nitrogen and oxygen atoms in total. The molecule has 0 unspecified atom stereocenters. The number of carbonyl (C=O) groups excluding carboxylic acids is 1. The molecule has 2 heterocycles. The van der Waals surface area contributed by atoms with Crippen LogP contribution in [0.1, 0.15) is 17.0 Å². The van der Waals surface area contributed by atoms with Gasteiger partial charge in [0, 0.05) is 11.6 Å². The van der Waals surface area contributed by atoms with Crippen LogP contribution < -0.4 is 10.1 Å². The van der Waals surface area contributed by atoms with Gasteiger partial charge in [0.15, 0.2) is 0 Å². The first-order valence-electron chi connectivity index (χ1n) is 7.62. The summed E-state index contributed by atoms with van der Waals surface area (Å²) in [5.41, 5.74) is 2.03. The second-order valence-electron chi connectivity index (χ2n) is 5.47. The fourth-order valence-electron chi connectivity index (χ4n) is 2.26. The molecular formula is C18H16FN3O3. The van der Waals surface area contributed by atoms with E-state index in [0.717, 1.165) is 5.56 Å². The number of hydrogen-bond donors (Lipinski definition) is 1. The maximum absolute atomic E-state index is 12.9. The average molecular weight is 341 g/mol. The van der Waals surface area contributed by atoms with E-state index in [0.29, 0.717) is 28.8 Å². The van der Waals surface area contributed by atoms with E-state index < -0.39 is 0 Å². The van der Waals surface area contributed by atoms with Crippen molar-refractivity contribution >= 4 is 11.6 Å². The van der Waals surface area contributed by atoms with E-state index in [1.165, 1.54) is 30.5 Å². The molecule has 0 saturated carbocycles. The van der Waals surface area contributed by atoms with Crippen LogP contribution in [0.15, 0.2) is 47.1 Å². The summed E-state index contributed by atoms with van der Waals surface area (Å²) in [5, 5.41) is 6.58. The van der Waals surface area contributed by atoms with Gasteiger partial charge >= 0.3 is 0 Å². The SMILES string of the molecule is Cc1noc(C)c1CC(=O)Nc1ccc(Oc2ccc(F)cc2)nc1. The summed E-state index contributed by atoms with van der Waals surface area (Å²) in [6, 6.07) is 8.93. The largest absolute Gasteiger partial charge is 0.439 e. The summed E-state index contributed by atoms with van der Waals surface area (Å²) in [5.74, 6) is 0.924. The van der Waals surface area contributed by atoms with E-state index in [4.69, 9.17) is 9.26 Å². The van der Waals surface area contributed by atoms with Crippen molar-refractivity contribution in [3.63, 3.8) is 0 Å². The monoisotopic (exact) mass is 341 g/mol. The number of ether oxygens (including phenoxy) is 1. The Bertz CT molecular complexity index is 854. The quantitative estimate of drug-likeness (QED) is 0.764. The lowest BCUT2D eigenvalue weighted by molar-refractivity contribution is -0.115. The van der Waals surface area contributed by atoms with E-state index in [1.54, 1.807) is 26.0 Å². The maximum atomic E-state index is 12.9. The van der Waals surface area contributed by atoms with E-state index in [9.17, 15) is 9.18 Å². The highest BCUT2D eigenvalue weighted by atomic mass is 19.1. The molecule has 0 aliphatic rings. The second kappa shape index (κ2) is 7.12. The number of pyridine rings is 1. The minimum atomic E-state index is -0.336. The van der Waals surface area contributed by atoms with E-state index in [2.05, 4.69) is 15.5 Å². The number of anilines is 1. The first-order valence-corrected chi connectivity index (χ1v) is 7.62. The summed E-state index contributed by atoms with van der Waals surface area (Å²) in [6.07, 6.45) is 1.67. The van der Waals surface area contributed by atoms with Crippen LogP contribution in [0.3, 0.4) is 0 Å². The summed E-state index contributed by atoms with van der Waals surface area (Å²) in [6.45, 7) is 3.56. The Kier molecular flexibility index (Phi) is 4.74. The number of halogens is 1. The van der Waals surface area contributed by atoms with Gasteiger partial charge in [-0.25, -0.2) is 9.37 Å². The van der Waals surface area contributed by atoms with Crippen molar-refractivity contribution in [2.75, 3.05) is 5.32 Å². The minimum Gasteiger partial charge on any atom is -0.439 e. The Hall–Kier alpha value is -3.22. The smallest absolute Gasteiger partial charge is 0.229 e. The third kappa shape index (κ3) is 4.20. The van der Waals surface area contributed by atoms with Gasteiger partial charge in [0.1, 0.15) is 17.3 Å². The normalized spacial score (nSPS) is 10.5. The van der Waals surface area contributed by atoms with E-state index in [-0.39, 0.29) is 18.1 Å². The van der Waals surface area contributed by atoms with Gasteiger partial charge in [0.25, 0.3) is 0 Å². The molecule has 7 heteroatoms. The highest BCUT2D eigenvalue weighted by molar-refractivity contribution is 5.92. The Morgan fingerprint density at radius 3 is 2.56 bits per heavy atom. The number of hydrogen-bond acceptors (Lipinski definition) is 5. The van der Waals surface area contributed by atoms with Gasteiger partial charge in [-0.3, -0.25) is 4.79 Å². The van der Waals surface area contributed by atoms with Crippen molar-refractivity contribution in [1.82, 2.24) is 10.1 Å². The van der Waals surface area contributed by atoms with Crippen LogP contribution in [0.25, 0.3) is 0 Å². The van der Waals surface area contributed by atoms with Crippen LogP contribution >= 0.6 is 0 Å². The maximum Gasteiger partial charge on any atom is 0.229 e. The van der Waals surface area contributed by atoms with Gasteiger partial charge in [-0.15, -0.1) is 0 Å². The highest BCUT2D eigenvalue weighted by Crippen LogP contribution is 2.21. The number of amides is 1. The molecule has 1 N–H and O–H groups in total. The number of rotatable bonds is 5. The summed E-state index contributed by atoms with van der Waals surface area (Å²) in [7, 11) is 0. The Labute approximate surface area is 143 Å². The molecule has 3 rings (SSSR count). The van der Waals surface area contributed by atoms with Gasteiger partial charge in [0.2, 0.25) is 11.8 Å². The van der Waals surface area contributed by atoms with Gasteiger partial charge < -0.3 is 14.6 Å². The molecule has 0 radical (unpaired) electrons. The van der Waals surface area contributed by atoms with Gasteiger partial charge in [0.05, 0.1) is 24.0 Å². The van der Waals surface area contributed by atoms with Crippen molar-refractivity contribution in [3.05, 3.63) is 65.4 Å². The number of carbonyl (C=O) groups is 1. The predicted molar refractivity (Wildman–Crippen MR) is 89.0 cm³/mol. The third-order valence-corrected chi connectivity index (χ3v) is 3.57. The van der Waals surface area contributed by atoms with Gasteiger partial charge in [-0.1, -0.05) is 5.16 Å². The van der Waals surface area contributed by atoms with Crippen LogP contribution in [0.4, 0.5) is 10.1 Å². The zero-order valence-corrected chi connectivity index (χ0v) is 13.7. The Morgan fingerprint density at radius 1 is 1.20 bits per heavy atom. The fourth-order valence-corrected chi connectivity index (χ4v) is 2.26. The molecule has 2 aromatic heterocycles. The highest BCUT2D eigenvalue weighted by Gasteiger charge is 2.13. The lowest BCUT2D eigenvalue weighted by atomic mass is 10.1. The third-order valence-electron chi connectivity index (χ3n) is 3.57. The molecule has 0 atom stereocenters. The van der Waals surface area contributed by atoms with Crippen molar-refractivity contribution < 1.29 is 18.4 Å². The molecular weight excluding hydrogens is 325 g/mol. The topological polar surface area (TPSA) is 77.2 Å². The molecule has 0 saturated heterocycles. The molecule has 0 bridgehead atoms. The van der Waals surface area contributed by atoms with Crippen LogP contribution in [-0.2, 0) is 11.2 Å². The Balaban J connectivity index is 1.60. The lowest BCUT2D eigenvalue weighted by Gasteiger charge is -2.07. The predicted octanol–water partition coefficient (Wildman–Crippen LogP) is 3.80. The summed E-state index contributed by atoms with van der Waals surface area (Å²) < 4.78 is 23.4. The molecule has 0 spiro atoms. The minimum absolute atomic E-state index is 0.176. The number of nitrogens with one attached hydrogen (secondary N) is 1. The molecule has 1 aromatic carbocycles. The van der Waals surface area contributed by atoms with Gasteiger partial charge in [-0.05, 0) is 44.2 Å². The molecule has 0 aliphatic carbocycles. The zero-order chi connectivity index (χ0) is 17.8. The summed E-state index contributed by atoms with van der Waals surface area (Å²) in [4.78, 5) is 16.2. The molecule has 0 aliphatic heterocycles. The van der Waals surface area contributed by atoms with Crippen molar-refractivity contribution in [2.45, 2.75) is 20.3 Å². The standard InChI is InChI=1S/C18H16FN3O3/c1-11-16(12(2)25-22-11)9-17(23)21-14-5-8-18(20-10-14)24-15-6-3-13(19)4-7-15/h3-8,10H,9H2,1-2H3,(H,21,23). The van der Waals surface area contributed by atoms with Crippen LogP contribution in [0.2, 0.25) is 0 Å². The molecule has 128 valence electrons. The van der Waals surface area contributed by atoms with Crippen molar-refractivity contribution in [2.24, 2.45) is 0 Å². The zero-order valence-electron chi connectivity index (χ0n) is 13.7.